The number of nitrogens with zero attached hydrogens (tertiary/aromatic N) is 2. The van der Waals surface area contributed by atoms with Crippen LogP contribution in [0.4, 0.5) is 0 Å². The number of likely N-dealkylation sites (tertiary alicyclic amines) is 1. The molecule has 0 aliphatic carbocycles. The summed E-state index contributed by atoms with van der Waals surface area (Å²) >= 11 is 1.54. The van der Waals surface area contributed by atoms with Gasteiger partial charge < -0.3 is 19.6 Å². The van der Waals surface area contributed by atoms with Gasteiger partial charge in [-0.25, -0.2) is 0 Å². The molecule has 1 spiro atoms. The highest BCUT2D eigenvalue weighted by Crippen LogP contribution is 2.65. The van der Waals surface area contributed by atoms with E-state index in [1.54, 1.807) is 11.8 Å². The summed E-state index contributed by atoms with van der Waals surface area (Å²) in [6.07, 6.45) is 9.47. The number of carbonyl (C=O) groups is 3. The van der Waals surface area contributed by atoms with Gasteiger partial charge in [-0.1, -0.05) is 45.1 Å². The predicted octanol–water partition coefficient (Wildman–Crippen LogP) is 3.17. The fourth-order valence-electron chi connectivity index (χ4n) is 6.93. The number of esters is 1. The number of hydrogen-bond acceptors (Lipinski definition) is 6. The largest absolute Gasteiger partial charge is 0.465 e. The first kappa shape index (κ1) is 26.3. The SMILES string of the molecule is C[C@H](CO)N1C(=O)[C@@H]2[C@H]3C(=O)OCCC=C[C@@]3(C)S[C@@]23C=CCN(C(C)(C)CC(C)(C)C)C(=O)C13. The molecule has 0 bridgehead atoms. The lowest BCUT2D eigenvalue weighted by molar-refractivity contribution is -0.155. The second kappa shape index (κ2) is 8.65. The van der Waals surface area contributed by atoms with Crippen LogP contribution in [0.2, 0.25) is 0 Å². The third-order valence-corrected chi connectivity index (χ3v) is 9.69. The van der Waals surface area contributed by atoms with E-state index in [1.807, 2.05) is 36.1 Å². The Kier molecular flexibility index (Phi) is 6.49. The van der Waals surface area contributed by atoms with Gasteiger partial charge in [-0.3, -0.25) is 14.4 Å². The molecule has 4 heterocycles. The topological polar surface area (TPSA) is 87.2 Å². The summed E-state index contributed by atoms with van der Waals surface area (Å²) in [7, 11) is 0. The average Bonchev–Trinajstić information content (AvgIpc) is 3.05. The fourth-order valence-corrected chi connectivity index (χ4v) is 9.07. The van der Waals surface area contributed by atoms with Crippen molar-refractivity contribution in [3.63, 3.8) is 0 Å². The van der Waals surface area contributed by atoms with Crippen LogP contribution in [0.5, 0.6) is 0 Å². The summed E-state index contributed by atoms with van der Waals surface area (Å²) in [6, 6.07) is -1.36. The number of amides is 2. The van der Waals surface area contributed by atoms with Crippen molar-refractivity contribution in [1.29, 1.82) is 0 Å². The van der Waals surface area contributed by atoms with Crippen LogP contribution in [0, 0.1) is 17.3 Å². The van der Waals surface area contributed by atoms with E-state index in [0.717, 1.165) is 6.42 Å². The van der Waals surface area contributed by atoms with Gasteiger partial charge in [-0.2, -0.15) is 0 Å². The highest BCUT2D eigenvalue weighted by Gasteiger charge is 2.74. The summed E-state index contributed by atoms with van der Waals surface area (Å²) in [6.45, 7) is 14.8. The monoisotopic (exact) mass is 504 g/mol. The summed E-state index contributed by atoms with van der Waals surface area (Å²) in [5.41, 5.74) is -0.451. The van der Waals surface area contributed by atoms with Gasteiger partial charge in [0, 0.05) is 16.8 Å². The molecule has 2 saturated heterocycles. The Morgan fingerprint density at radius 1 is 1.11 bits per heavy atom. The van der Waals surface area contributed by atoms with Gasteiger partial charge in [-0.15, -0.1) is 11.8 Å². The lowest BCUT2D eigenvalue weighted by atomic mass is 9.74. The Morgan fingerprint density at radius 3 is 2.43 bits per heavy atom. The molecule has 1 unspecified atom stereocenters. The minimum Gasteiger partial charge on any atom is -0.465 e. The summed E-state index contributed by atoms with van der Waals surface area (Å²) < 4.78 is 3.97. The zero-order chi connectivity index (χ0) is 26.0. The molecule has 194 valence electrons. The highest BCUT2D eigenvalue weighted by molar-refractivity contribution is 8.02. The van der Waals surface area contributed by atoms with Crippen LogP contribution in [0.25, 0.3) is 0 Å². The lowest BCUT2D eigenvalue weighted by Crippen LogP contribution is -2.60. The molecular formula is C27H40N2O5S. The van der Waals surface area contributed by atoms with Gasteiger partial charge in [0.1, 0.15) is 6.04 Å². The number of rotatable bonds is 4. The summed E-state index contributed by atoms with van der Waals surface area (Å²) in [5, 5.41) is 10.1. The van der Waals surface area contributed by atoms with Crippen molar-refractivity contribution in [3.05, 3.63) is 24.3 Å². The van der Waals surface area contributed by atoms with Crippen molar-refractivity contribution in [2.24, 2.45) is 17.3 Å². The normalized spacial score (nSPS) is 36.2. The van der Waals surface area contributed by atoms with Crippen LogP contribution in [0.3, 0.4) is 0 Å². The van der Waals surface area contributed by atoms with Crippen LogP contribution in [0.1, 0.15) is 61.3 Å². The number of aliphatic hydroxyl groups is 1. The van der Waals surface area contributed by atoms with Crippen molar-refractivity contribution in [1.82, 2.24) is 9.80 Å². The van der Waals surface area contributed by atoms with E-state index >= 15 is 0 Å². The molecule has 0 aromatic carbocycles. The smallest absolute Gasteiger partial charge is 0.311 e. The number of fused-ring (bicyclic) bond motifs is 2. The molecule has 6 atom stereocenters. The second-order valence-corrected chi connectivity index (χ2v) is 14.3. The van der Waals surface area contributed by atoms with Crippen LogP contribution in [0.15, 0.2) is 24.3 Å². The summed E-state index contributed by atoms with van der Waals surface area (Å²) in [4.78, 5) is 45.3. The molecule has 0 radical (unpaired) electrons. The molecule has 0 aromatic heterocycles. The molecule has 35 heavy (non-hydrogen) atoms. The maximum absolute atomic E-state index is 14.5. The van der Waals surface area contributed by atoms with Gasteiger partial charge in [0.15, 0.2) is 0 Å². The minimum absolute atomic E-state index is 0.000819. The standard InChI is InChI=1S/C27H40N2O5S/c1-17(15-30)29-20-22(32)28(25(5,6)16-24(2,3)4)13-10-12-27(20)18(21(29)31)19-23(33)34-14-9-8-11-26(19,7)35-27/h8,10-12,17-20,30H,9,13-16H2,1-7H3/t17-,18+,19+,20?,26-,27+/m1/s1. The number of hydrogen-bond donors (Lipinski definition) is 1. The Balaban J connectivity index is 1.87. The van der Waals surface area contributed by atoms with Crippen LogP contribution in [-0.2, 0) is 19.1 Å². The second-order valence-electron chi connectivity index (χ2n) is 12.5. The molecule has 8 heteroatoms. The van der Waals surface area contributed by atoms with Crippen molar-refractivity contribution in [2.45, 2.75) is 88.4 Å². The average molecular weight is 505 g/mol. The Labute approximate surface area is 213 Å². The number of ether oxygens (including phenoxy) is 1. The van der Waals surface area contributed by atoms with E-state index < -0.39 is 39.0 Å². The number of cyclic esters (lactones) is 1. The van der Waals surface area contributed by atoms with E-state index in [9.17, 15) is 19.5 Å². The summed E-state index contributed by atoms with van der Waals surface area (Å²) in [5.74, 6) is -2.20. The van der Waals surface area contributed by atoms with Crippen molar-refractivity contribution < 1.29 is 24.2 Å². The third kappa shape index (κ3) is 4.14. The zero-order valence-electron chi connectivity index (χ0n) is 22.0. The van der Waals surface area contributed by atoms with E-state index in [1.165, 1.54) is 11.8 Å². The number of carbonyl (C=O) groups excluding carboxylic acids is 3. The molecule has 4 aliphatic rings. The zero-order valence-corrected chi connectivity index (χ0v) is 22.9. The van der Waals surface area contributed by atoms with E-state index in [4.69, 9.17) is 4.74 Å². The molecule has 4 rings (SSSR count). The quantitative estimate of drug-likeness (QED) is 0.468. The lowest BCUT2D eigenvalue weighted by Gasteiger charge is -2.45. The first-order chi connectivity index (χ1) is 16.2. The molecular weight excluding hydrogens is 464 g/mol. The molecule has 2 fully saturated rings. The van der Waals surface area contributed by atoms with Crippen molar-refractivity contribution in [2.75, 3.05) is 19.8 Å². The van der Waals surface area contributed by atoms with Crippen LogP contribution < -0.4 is 0 Å². The highest BCUT2D eigenvalue weighted by atomic mass is 32.2. The van der Waals surface area contributed by atoms with Crippen molar-refractivity contribution >= 4 is 29.5 Å². The molecule has 1 N–H and O–H groups in total. The van der Waals surface area contributed by atoms with Crippen LogP contribution >= 0.6 is 11.8 Å². The van der Waals surface area contributed by atoms with E-state index in [2.05, 4.69) is 34.6 Å². The number of aliphatic hydroxyl groups excluding tert-OH is 1. The number of thioether (sulfide) groups is 1. The first-order valence-electron chi connectivity index (χ1n) is 12.7. The van der Waals surface area contributed by atoms with Gasteiger partial charge in [0.05, 0.1) is 35.8 Å². The Bertz CT molecular complexity index is 969. The minimum atomic E-state index is -0.919. The Morgan fingerprint density at radius 2 is 1.80 bits per heavy atom. The maximum atomic E-state index is 14.5. The van der Waals surface area contributed by atoms with Gasteiger partial charge >= 0.3 is 5.97 Å². The van der Waals surface area contributed by atoms with Gasteiger partial charge in [0.2, 0.25) is 11.8 Å². The van der Waals surface area contributed by atoms with Crippen LogP contribution in [-0.4, -0.2) is 79.6 Å². The predicted molar refractivity (Wildman–Crippen MR) is 137 cm³/mol. The first-order valence-corrected chi connectivity index (χ1v) is 13.5. The fraction of sp³-hybridized carbons (Fsp3) is 0.741. The van der Waals surface area contributed by atoms with E-state index in [-0.39, 0.29) is 36.4 Å². The van der Waals surface area contributed by atoms with E-state index in [0.29, 0.717) is 13.0 Å². The van der Waals surface area contributed by atoms with Gasteiger partial charge in [-0.05, 0) is 46.0 Å². The molecule has 4 aliphatic heterocycles. The van der Waals surface area contributed by atoms with Gasteiger partial charge in [0.25, 0.3) is 0 Å². The molecule has 0 aromatic rings. The molecule has 7 nitrogen and oxygen atoms in total. The maximum Gasteiger partial charge on any atom is 0.311 e. The van der Waals surface area contributed by atoms with Crippen molar-refractivity contribution in [3.8, 4) is 0 Å². The molecule has 2 amide bonds. The molecule has 0 saturated carbocycles. The third-order valence-electron chi connectivity index (χ3n) is 7.89. The Hall–Kier alpha value is -1.80.